The summed E-state index contributed by atoms with van der Waals surface area (Å²) in [7, 11) is 0. The molecule has 0 spiro atoms. The number of hydrogen-bond acceptors (Lipinski definition) is 2. The maximum Gasteiger partial charge on any atom is 0.228 e. The van der Waals surface area contributed by atoms with E-state index in [0.717, 1.165) is 32.4 Å². The van der Waals surface area contributed by atoms with Crippen molar-refractivity contribution < 1.29 is 4.79 Å². The second-order valence-corrected chi connectivity index (χ2v) is 6.99. The molecule has 1 aliphatic rings. The molecule has 0 bridgehead atoms. The first kappa shape index (κ1) is 18.7. The van der Waals surface area contributed by atoms with E-state index in [0.29, 0.717) is 17.7 Å². The van der Waals surface area contributed by atoms with E-state index in [-0.39, 0.29) is 23.9 Å². The average Bonchev–Trinajstić information content (AvgIpc) is 2.26. The number of nitrogens with zero attached hydrogens (tertiary/aromatic N) is 1. The van der Waals surface area contributed by atoms with Crippen LogP contribution in [0.3, 0.4) is 0 Å². The molecule has 1 heterocycles. The number of amides is 1. The monoisotopic (exact) mass is 290 g/mol. The molecular weight excluding hydrogens is 260 g/mol. The smallest absolute Gasteiger partial charge is 0.228 e. The van der Waals surface area contributed by atoms with Gasteiger partial charge in [-0.2, -0.15) is 0 Å². The quantitative estimate of drug-likeness (QED) is 0.865. The van der Waals surface area contributed by atoms with E-state index in [1.807, 2.05) is 4.90 Å². The van der Waals surface area contributed by atoms with Crippen LogP contribution < -0.4 is 5.73 Å². The fourth-order valence-corrected chi connectivity index (χ4v) is 3.16. The molecule has 0 saturated carbocycles. The molecule has 0 aromatic carbocycles. The van der Waals surface area contributed by atoms with E-state index < -0.39 is 0 Å². The predicted octanol–water partition coefficient (Wildman–Crippen LogP) is 3.07. The predicted molar refractivity (Wildman–Crippen MR) is 83.4 cm³/mol. The normalized spacial score (nSPS) is 22.1. The molecule has 0 radical (unpaired) electrons. The summed E-state index contributed by atoms with van der Waals surface area (Å²) in [4.78, 5) is 14.7. The molecule has 0 aromatic rings. The third-order valence-electron chi connectivity index (χ3n) is 3.99. The number of carbonyl (C=O) groups is 1. The van der Waals surface area contributed by atoms with Gasteiger partial charge in [0, 0.05) is 24.5 Å². The van der Waals surface area contributed by atoms with E-state index >= 15 is 0 Å². The van der Waals surface area contributed by atoms with Gasteiger partial charge in [0.15, 0.2) is 0 Å². The van der Waals surface area contributed by atoms with E-state index in [4.69, 9.17) is 5.73 Å². The number of nitrogens with two attached hydrogens (primary N) is 1. The van der Waals surface area contributed by atoms with Crippen LogP contribution in [0, 0.1) is 17.3 Å². The van der Waals surface area contributed by atoms with Gasteiger partial charge in [-0.25, -0.2) is 0 Å². The first-order valence-corrected chi connectivity index (χ1v) is 7.29. The topological polar surface area (TPSA) is 46.3 Å². The minimum Gasteiger partial charge on any atom is -0.342 e. The standard InChI is InChI=1S/C15H30N2O.ClH/c1-11(2)9-15(4,5)14(18)17-8-6-7-13(10-17)12(3)16;/h11-13H,6-10,16H2,1-5H3;1H. The molecule has 1 rings (SSSR count). The first-order chi connectivity index (χ1) is 8.24. The van der Waals surface area contributed by atoms with Gasteiger partial charge in [-0.1, -0.05) is 27.7 Å². The molecule has 1 aliphatic heterocycles. The Morgan fingerprint density at radius 3 is 2.42 bits per heavy atom. The highest BCUT2D eigenvalue weighted by atomic mass is 35.5. The van der Waals surface area contributed by atoms with Gasteiger partial charge in [0.2, 0.25) is 5.91 Å². The summed E-state index contributed by atoms with van der Waals surface area (Å²) < 4.78 is 0. The molecule has 3 nitrogen and oxygen atoms in total. The molecule has 114 valence electrons. The van der Waals surface area contributed by atoms with Crippen molar-refractivity contribution in [2.45, 2.75) is 59.9 Å². The molecule has 19 heavy (non-hydrogen) atoms. The number of halogens is 1. The van der Waals surface area contributed by atoms with Crippen LogP contribution in [-0.4, -0.2) is 29.9 Å². The Hall–Kier alpha value is -0.280. The molecular formula is C15H31ClN2O. The second-order valence-electron chi connectivity index (χ2n) is 6.99. The van der Waals surface area contributed by atoms with Crippen molar-refractivity contribution in [3.05, 3.63) is 0 Å². The van der Waals surface area contributed by atoms with Gasteiger partial charge in [0.1, 0.15) is 0 Å². The number of likely N-dealkylation sites (tertiary alicyclic amines) is 1. The lowest BCUT2D eigenvalue weighted by molar-refractivity contribution is -0.143. The van der Waals surface area contributed by atoms with Crippen molar-refractivity contribution in [2.24, 2.45) is 23.0 Å². The zero-order valence-electron chi connectivity index (χ0n) is 13.1. The Morgan fingerprint density at radius 2 is 1.95 bits per heavy atom. The number of carbonyl (C=O) groups excluding carboxylic acids is 1. The third-order valence-corrected chi connectivity index (χ3v) is 3.99. The van der Waals surface area contributed by atoms with E-state index in [9.17, 15) is 4.79 Å². The van der Waals surface area contributed by atoms with Crippen LogP contribution in [0.5, 0.6) is 0 Å². The van der Waals surface area contributed by atoms with E-state index in [1.165, 1.54) is 0 Å². The lowest BCUT2D eigenvalue weighted by Gasteiger charge is -2.39. The van der Waals surface area contributed by atoms with Gasteiger partial charge in [0.25, 0.3) is 0 Å². The Bertz CT molecular complexity index is 290. The fraction of sp³-hybridized carbons (Fsp3) is 0.933. The van der Waals surface area contributed by atoms with Crippen molar-refractivity contribution in [1.82, 2.24) is 4.90 Å². The summed E-state index contributed by atoms with van der Waals surface area (Å²) in [6.45, 7) is 12.3. The molecule has 0 aromatic heterocycles. The van der Waals surface area contributed by atoms with Crippen LogP contribution in [0.1, 0.15) is 53.9 Å². The molecule has 2 N–H and O–H groups in total. The summed E-state index contributed by atoms with van der Waals surface area (Å²) in [5.41, 5.74) is 5.74. The molecule has 1 saturated heterocycles. The Balaban J connectivity index is 0.00000324. The van der Waals surface area contributed by atoms with Crippen LogP contribution in [0.15, 0.2) is 0 Å². The summed E-state index contributed by atoms with van der Waals surface area (Å²) in [5, 5.41) is 0. The van der Waals surface area contributed by atoms with Crippen molar-refractivity contribution in [3.63, 3.8) is 0 Å². The molecule has 2 atom stereocenters. The molecule has 4 heteroatoms. The van der Waals surface area contributed by atoms with Crippen molar-refractivity contribution in [1.29, 1.82) is 0 Å². The second kappa shape index (κ2) is 7.49. The minimum atomic E-state index is -0.242. The zero-order valence-corrected chi connectivity index (χ0v) is 13.9. The van der Waals surface area contributed by atoms with Crippen LogP contribution in [-0.2, 0) is 4.79 Å². The molecule has 0 aliphatic carbocycles. The van der Waals surface area contributed by atoms with Gasteiger partial charge in [0.05, 0.1) is 0 Å². The fourth-order valence-electron chi connectivity index (χ4n) is 3.16. The highest BCUT2D eigenvalue weighted by molar-refractivity contribution is 5.85. The van der Waals surface area contributed by atoms with Gasteiger partial charge in [-0.3, -0.25) is 4.79 Å². The van der Waals surface area contributed by atoms with Gasteiger partial charge >= 0.3 is 0 Å². The molecule has 1 amide bonds. The lowest BCUT2D eigenvalue weighted by atomic mass is 9.81. The Labute approximate surface area is 124 Å². The maximum absolute atomic E-state index is 12.6. The van der Waals surface area contributed by atoms with Crippen LogP contribution in [0.25, 0.3) is 0 Å². The highest BCUT2D eigenvalue weighted by Gasteiger charge is 2.35. The van der Waals surface area contributed by atoms with Gasteiger partial charge in [-0.15, -0.1) is 12.4 Å². The minimum absolute atomic E-state index is 0. The molecule has 2 unspecified atom stereocenters. The molecule has 1 fully saturated rings. The summed E-state index contributed by atoms with van der Waals surface area (Å²) in [5.74, 6) is 1.33. The SMILES string of the molecule is CC(C)CC(C)(C)C(=O)N1CCCC(C(C)N)C1.Cl. The highest BCUT2D eigenvalue weighted by Crippen LogP contribution is 2.30. The van der Waals surface area contributed by atoms with Crippen molar-refractivity contribution in [2.75, 3.05) is 13.1 Å². The number of piperidine rings is 1. The van der Waals surface area contributed by atoms with Crippen molar-refractivity contribution >= 4 is 18.3 Å². The van der Waals surface area contributed by atoms with Crippen LogP contribution in [0.2, 0.25) is 0 Å². The summed E-state index contributed by atoms with van der Waals surface area (Å²) in [6.07, 6.45) is 3.20. The Morgan fingerprint density at radius 1 is 1.37 bits per heavy atom. The van der Waals surface area contributed by atoms with Gasteiger partial charge in [-0.05, 0) is 38.0 Å². The third kappa shape index (κ3) is 5.31. The van der Waals surface area contributed by atoms with E-state index in [1.54, 1.807) is 0 Å². The lowest BCUT2D eigenvalue weighted by Crippen LogP contribution is -2.49. The largest absolute Gasteiger partial charge is 0.342 e. The van der Waals surface area contributed by atoms with Crippen LogP contribution in [0.4, 0.5) is 0 Å². The van der Waals surface area contributed by atoms with Crippen molar-refractivity contribution in [3.8, 4) is 0 Å². The van der Waals surface area contributed by atoms with E-state index in [2.05, 4.69) is 34.6 Å². The first-order valence-electron chi connectivity index (χ1n) is 7.29. The van der Waals surface area contributed by atoms with Crippen LogP contribution >= 0.6 is 12.4 Å². The number of hydrogen-bond donors (Lipinski definition) is 1. The zero-order chi connectivity index (χ0) is 13.9. The van der Waals surface area contributed by atoms with Gasteiger partial charge < -0.3 is 10.6 Å². The number of rotatable bonds is 4. The summed E-state index contributed by atoms with van der Waals surface area (Å²) in [6, 6.07) is 0.189. The Kier molecular flexibility index (Phi) is 7.38. The summed E-state index contributed by atoms with van der Waals surface area (Å²) >= 11 is 0. The average molecular weight is 291 g/mol. The maximum atomic E-state index is 12.6.